The Kier molecular flexibility index (Phi) is 4.00. The predicted octanol–water partition coefficient (Wildman–Crippen LogP) is 4.96. The van der Waals surface area contributed by atoms with Gasteiger partial charge in [-0.05, 0) is 28.6 Å². The van der Waals surface area contributed by atoms with E-state index in [0.717, 1.165) is 25.2 Å². The van der Waals surface area contributed by atoms with Gasteiger partial charge in [-0.25, -0.2) is 9.97 Å². The highest BCUT2D eigenvalue weighted by Crippen LogP contribution is 2.31. The van der Waals surface area contributed by atoms with Crippen molar-refractivity contribution in [2.45, 2.75) is 12.5 Å². The fraction of sp³-hybridized carbons (Fsp3) is 0.182. The maximum absolute atomic E-state index is 4.57. The van der Waals surface area contributed by atoms with Crippen LogP contribution in [0.2, 0.25) is 0 Å². The van der Waals surface area contributed by atoms with Crippen LogP contribution < -0.4 is 0 Å². The molecular weight excluding hydrogens is 338 g/mol. The van der Waals surface area contributed by atoms with Gasteiger partial charge in [0.25, 0.3) is 0 Å². The third-order valence-corrected chi connectivity index (χ3v) is 6.00. The Hall–Kier alpha value is -2.56. The van der Waals surface area contributed by atoms with E-state index in [-0.39, 0.29) is 0 Å². The number of nitrogens with zero attached hydrogens (tertiary/aromatic N) is 3. The maximum atomic E-state index is 4.57. The summed E-state index contributed by atoms with van der Waals surface area (Å²) in [4.78, 5) is 12.8. The van der Waals surface area contributed by atoms with Gasteiger partial charge in [-0.15, -0.1) is 11.3 Å². The zero-order chi connectivity index (χ0) is 17.3. The van der Waals surface area contributed by atoms with Crippen LogP contribution in [0.1, 0.15) is 17.2 Å². The number of para-hydroxylation sites is 1. The first-order valence-corrected chi connectivity index (χ1v) is 9.79. The zero-order valence-electron chi connectivity index (χ0n) is 14.4. The van der Waals surface area contributed by atoms with E-state index in [0.29, 0.717) is 5.92 Å². The molecule has 1 aliphatic heterocycles. The highest BCUT2D eigenvalue weighted by Gasteiger charge is 2.30. The molecule has 128 valence electrons. The predicted molar refractivity (Wildman–Crippen MR) is 107 cm³/mol. The molecule has 0 spiro atoms. The van der Waals surface area contributed by atoms with E-state index in [9.17, 15) is 0 Å². The first-order valence-electron chi connectivity index (χ1n) is 8.91. The van der Waals surface area contributed by atoms with Crippen LogP contribution in [-0.4, -0.2) is 28.0 Å². The van der Waals surface area contributed by atoms with E-state index in [1.54, 1.807) is 17.7 Å². The maximum Gasteiger partial charge on any atom is 0.116 e. The molecule has 0 bridgehead atoms. The Bertz CT molecular complexity index is 1010. The van der Waals surface area contributed by atoms with Gasteiger partial charge in [0.1, 0.15) is 6.33 Å². The monoisotopic (exact) mass is 357 g/mol. The molecule has 0 aliphatic carbocycles. The molecule has 4 heteroatoms. The van der Waals surface area contributed by atoms with Crippen LogP contribution in [0, 0.1) is 0 Å². The van der Waals surface area contributed by atoms with Gasteiger partial charge in [0.15, 0.2) is 0 Å². The van der Waals surface area contributed by atoms with Gasteiger partial charge >= 0.3 is 0 Å². The smallest absolute Gasteiger partial charge is 0.116 e. The molecule has 5 rings (SSSR count). The molecular formula is C22H19N3S. The van der Waals surface area contributed by atoms with Crippen molar-refractivity contribution < 1.29 is 0 Å². The van der Waals surface area contributed by atoms with Crippen molar-refractivity contribution in [1.82, 2.24) is 14.9 Å². The molecule has 0 unspecified atom stereocenters. The number of thiophene rings is 1. The fourth-order valence-corrected chi connectivity index (χ4v) is 4.43. The van der Waals surface area contributed by atoms with Crippen LogP contribution in [0.4, 0.5) is 0 Å². The Morgan fingerprint density at radius 2 is 1.77 bits per heavy atom. The molecule has 1 fully saturated rings. The number of benzene rings is 2. The van der Waals surface area contributed by atoms with E-state index in [2.05, 4.69) is 74.8 Å². The largest absolute Gasteiger partial charge is 0.298 e. The molecule has 4 aromatic rings. The first kappa shape index (κ1) is 15.7. The lowest BCUT2D eigenvalue weighted by Gasteiger charge is -2.39. The van der Waals surface area contributed by atoms with Crippen LogP contribution >= 0.6 is 11.3 Å². The molecule has 1 saturated heterocycles. The molecule has 2 aromatic heterocycles. The number of likely N-dealkylation sites (tertiary alicyclic amines) is 1. The second-order valence-electron chi connectivity index (χ2n) is 6.84. The summed E-state index contributed by atoms with van der Waals surface area (Å²) in [5.74, 6) is 0.508. The molecule has 3 heterocycles. The zero-order valence-corrected chi connectivity index (χ0v) is 15.2. The molecule has 0 atom stereocenters. The summed E-state index contributed by atoms with van der Waals surface area (Å²) in [6.45, 7) is 3.13. The molecule has 3 nitrogen and oxygen atoms in total. The second kappa shape index (κ2) is 6.63. The van der Waals surface area contributed by atoms with Gasteiger partial charge in [-0.2, -0.15) is 0 Å². The van der Waals surface area contributed by atoms with Crippen LogP contribution in [-0.2, 0) is 6.54 Å². The second-order valence-corrected chi connectivity index (χ2v) is 7.79. The van der Waals surface area contributed by atoms with Gasteiger partial charge in [0, 0.05) is 35.8 Å². The Morgan fingerprint density at radius 1 is 0.923 bits per heavy atom. The molecule has 0 radical (unpaired) electrons. The molecule has 26 heavy (non-hydrogen) atoms. The summed E-state index contributed by atoms with van der Waals surface area (Å²) >= 11 is 1.79. The third kappa shape index (κ3) is 2.91. The minimum Gasteiger partial charge on any atom is -0.298 e. The SMILES string of the molecule is c1csc(-c2ccc(CN3CC(c4ncnc5ccccc45)C3)cc2)c1. The number of hydrogen-bond acceptors (Lipinski definition) is 4. The lowest BCUT2D eigenvalue weighted by atomic mass is 9.92. The standard InChI is InChI=1S/C22H19N3S/c1-2-5-20-19(4-1)22(24-15-23-20)18-13-25(14-18)12-16-7-9-17(10-8-16)21-6-3-11-26-21/h1-11,15,18H,12-14H2. The van der Waals surface area contributed by atoms with Crippen molar-refractivity contribution in [2.24, 2.45) is 0 Å². The highest BCUT2D eigenvalue weighted by molar-refractivity contribution is 7.13. The molecule has 1 aliphatic rings. The summed E-state index contributed by atoms with van der Waals surface area (Å²) in [6, 6.07) is 21.5. The molecule has 0 N–H and O–H groups in total. The fourth-order valence-electron chi connectivity index (χ4n) is 3.70. The average Bonchev–Trinajstić information content (AvgIpc) is 3.19. The van der Waals surface area contributed by atoms with Gasteiger partial charge in [0.05, 0.1) is 11.2 Å². The van der Waals surface area contributed by atoms with Crippen molar-refractivity contribution in [2.75, 3.05) is 13.1 Å². The van der Waals surface area contributed by atoms with E-state index < -0.39 is 0 Å². The Balaban J connectivity index is 1.26. The Labute approximate surface area is 157 Å². The van der Waals surface area contributed by atoms with E-state index in [4.69, 9.17) is 0 Å². The Morgan fingerprint density at radius 3 is 2.58 bits per heavy atom. The van der Waals surface area contributed by atoms with Crippen LogP contribution in [0.3, 0.4) is 0 Å². The van der Waals surface area contributed by atoms with Crippen molar-refractivity contribution >= 4 is 22.2 Å². The van der Waals surface area contributed by atoms with E-state index in [1.807, 2.05) is 6.07 Å². The topological polar surface area (TPSA) is 29.0 Å². The summed E-state index contributed by atoms with van der Waals surface area (Å²) in [7, 11) is 0. The van der Waals surface area contributed by atoms with Crippen molar-refractivity contribution in [1.29, 1.82) is 0 Å². The van der Waals surface area contributed by atoms with Gasteiger partial charge < -0.3 is 0 Å². The number of hydrogen-bond donors (Lipinski definition) is 0. The van der Waals surface area contributed by atoms with Gasteiger partial charge in [-0.1, -0.05) is 48.5 Å². The molecule has 0 amide bonds. The van der Waals surface area contributed by atoms with E-state index >= 15 is 0 Å². The normalized spacial score (nSPS) is 15.2. The van der Waals surface area contributed by atoms with Crippen LogP contribution in [0.5, 0.6) is 0 Å². The van der Waals surface area contributed by atoms with Crippen molar-refractivity contribution in [3.63, 3.8) is 0 Å². The lowest BCUT2D eigenvalue weighted by molar-refractivity contribution is 0.138. The summed E-state index contributed by atoms with van der Waals surface area (Å²) in [5.41, 5.74) is 4.91. The summed E-state index contributed by atoms with van der Waals surface area (Å²) < 4.78 is 0. The van der Waals surface area contributed by atoms with Crippen molar-refractivity contribution in [3.05, 3.63) is 83.6 Å². The average molecular weight is 357 g/mol. The third-order valence-electron chi connectivity index (χ3n) is 5.08. The highest BCUT2D eigenvalue weighted by atomic mass is 32.1. The quantitative estimate of drug-likeness (QED) is 0.517. The number of aromatic nitrogens is 2. The van der Waals surface area contributed by atoms with Crippen molar-refractivity contribution in [3.8, 4) is 10.4 Å². The van der Waals surface area contributed by atoms with Crippen LogP contribution in [0.25, 0.3) is 21.3 Å². The summed E-state index contributed by atoms with van der Waals surface area (Å²) in [5, 5.41) is 3.32. The molecule has 2 aromatic carbocycles. The van der Waals surface area contributed by atoms with Crippen LogP contribution in [0.15, 0.2) is 72.4 Å². The molecule has 0 saturated carbocycles. The first-order chi connectivity index (χ1) is 12.9. The van der Waals surface area contributed by atoms with Gasteiger partial charge in [0.2, 0.25) is 0 Å². The number of fused-ring (bicyclic) bond motifs is 1. The lowest BCUT2D eigenvalue weighted by Crippen LogP contribution is -2.44. The van der Waals surface area contributed by atoms with E-state index in [1.165, 1.54) is 27.1 Å². The number of rotatable bonds is 4. The summed E-state index contributed by atoms with van der Waals surface area (Å²) in [6.07, 6.45) is 1.70. The van der Waals surface area contributed by atoms with Gasteiger partial charge in [-0.3, -0.25) is 4.90 Å². The minimum absolute atomic E-state index is 0.508. The minimum atomic E-state index is 0.508.